The first-order valence-corrected chi connectivity index (χ1v) is 11.1. The standard InChI is InChI=1S/C25H31N3O7/c1-16(27-25(33)35-15-20-12-8-5-9-13-20)22(30)28-21(18(3)29)23(31)26-17(2)24(32)34-14-19-10-6-4-7-11-19/h4-13,16-18,21,29H,14-15H2,1-3H3,(H,26,31)(H,27,33)(H,28,30)/t16-,17-,18?,21-/m0/s1. The lowest BCUT2D eigenvalue weighted by molar-refractivity contribution is -0.149. The van der Waals surface area contributed by atoms with Crippen molar-refractivity contribution in [2.75, 3.05) is 0 Å². The van der Waals surface area contributed by atoms with Crippen LogP contribution in [0.2, 0.25) is 0 Å². The summed E-state index contributed by atoms with van der Waals surface area (Å²) in [5.41, 5.74) is 1.57. The monoisotopic (exact) mass is 485 g/mol. The number of hydrogen-bond donors (Lipinski definition) is 4. The normalized spacial score (nSPS) is 13.9. The van der Waals surface area contributed by atoms with Crippen molar-refractivity contribution in [1.29, 1.82) is 0 Å². The van der Waals surface area contributed by atoms with Crippen LogP contribution in [0.3, 0.4) is 0 Å². The van der Waals surface area contributed by atoms with Gasteiger partial charge in [-0.2, -0.15) is 0 Å². The summed E-state index contributed by atoms with van der Waals surface area (Å²) >= 11 is 0. The summed E-state index contributed by atoms with van der Waals surface area (Å²) in [5, 5.41) is 17.2. The van der Waals surface area contributed by atoms with Crippen LogP contribution in [-0.2, 0) is 37.1 Å². The first-order chi connectivity index (χ1) is 16.7. The van der Waals surface area contributed by atoms with Crippen molar-refractivity contribution in [3.8, 4) is 0 Å². The van der Waals surface area contributed by atoms with Crippen LogP contribution >= 0.6 is 0 Å². The number of carbonyl (C=O) groups is 4. The zero-order valence-electron chi connectivity index (χ0n) is 19.9. The lowest BCUT2D eigenvalue weighted by atomic mass is 10.1. The van der Waals surface area contributed by atoms with E-state index in [1.165, 1.54) is 20.8 Å². The number of amides is 3. The Labute approximate surface area is 204 Å². The van der Waals surface area contributed by atoms with E-state index in [0.717, 1.165) is 11.1 Å². The largest absolute Gasteiger partial charge is 0.459 e. The molecule has 188 valence electrons. The van der Waals surface area contributed by atoms with Gasteiger partial charge in [-0.3, -0.25) is 9.59 Å². The molecule has 3 amide bonds. The molecule has 0 aromatic heterocycles. The molecule has 1 unspecified atom stereocenters. The van der Waals surface area contributed by atoms with Gasteiger partial charge in [-0.1, -0.05) is 60.7 Å². The Hall–Kier alpha value is -3.92. The van der Waals surface area contributed by atoms with Gasteiger partial charge in [0.25, 0.3) is 0 Å². The van der Waals surface area contributed by atoms with Crippen molar-refractivity contribution in [3.05, 3.63) is 71.8 Å². The Morgan fingerprint density at radius 3 is 1.74 bits per heavy atom. The summed E-state index contributed by atoms with van der Waals surface area (Å²) in [4.78, 5) is 49.3. The SMILES string of the molecule is CC(O)[C@H](NC(=O)[C@H](C)NC(=O)OCc1ccccc1)C(=O)N[C@@H](C)C(=O)OCc1ccccc1. The number of nitrogens with one attached hydrogen (secondary N) is 3. The molecule has 0 heterocycles. The van der Waals surface area contributed by atoms with Gasteiger partial charge in [0.1, 0.15) is 31.3 Å². The van der Waals surface area contributed by atoms with Gasteiger partial charge in [0.05, 0.1) is 6.10 Å². The Bertz CT molecular complexity index is 983. The van der Waals surface area contributed by atoms with Crippen molar-refractivity contribution < 1.29 is 33.8 Å². The van der Waals surface area contributed by atoms with E-state index in [4.69, 9.17) is 9.47 Å². The Balaban J connectivity index is 1.82. The maximum absolute atomic E-state index is 12.6. The van der Waals surface area contributed by atoms with Crippen molar-refractivity contribution >= 4 is 23.9 Å². The minimum atomic E-state index is -1.36. The van der Waals surface area contributed by atoms with Gasteiger partial charge in [-0.25, -0.2) is 9.59 Å². The number of carbonyl (C=O) groups excluding carboxylic acids is 4. The van der Waals surface area contributed by atoms with Gasteiger partial charge in [0.2, 0.25) is 11.8 Å². The third kappa shape index (κ3) is 9.46. The topological polar surface area (TPSA) is 143 Å². The fourth-order valence-electron chi connectivity index (χ4n) is 2.91. The number of aliphatic hydroxyl groups excluding tert-OH is 1. The van der Waals surface area contributed by atoms with Crippen LogP contribution < -0.4 is 16.0 Å². The van der Waals surface area contributed by atoms with E-state index in [1.807, 2.05) is 24.3 Å². The Kier molecular flexibility index (Phi) is 10.7. The number of alkyl carbamates (subject to hydrolysis) is 1. The van der Waals surface area contributed by atoms with Gasteiger partial charge in [-0.15, -0.1) is 0 Å². The number of ether oxygens (including phenoxy) is 2. The van der Waals surface area contributed by atoms with Gasteiger partial charge < -0.3 is 30.5 Å². The first kappa shape index (κ1) is 27.3. The second-order valence-electron chi connectivity index (χ2n) is 7.98. The molecule has 35 heavy (non-hydrogen) atoms. The van der Waals surface area contributed by atoms with E-state index >= 15 is 0 Å². The molecule has 0 fully saturated rings. The number of hydrogen-bond acceptors (Lipinski definition) is 7. The smallest absolute Gasteiger partial charge is 0.408 e. The predicted octanol–water partition coefficient (Wildman–Crippen LogP) is 1.41. The minimum Gasteiger partial charge on any atom is -0.459 e. The number of benzene rings is 2. The lowest BCUT2D eigenvalue weighted by Crippen LogP contribution is -2.58. The third-order valence-corrected chi connectivity index (χ3v) is 4.94. The molecule has 0 saturated heterocycles. The molecule has 0 aliphatic rings. The average molecular weight is 486 g/mol. The van der Waals surface area contributed by atoms with E-state index in [9.17, 15) is 24.3 Å². The van der Waals surface area contributed by atoms with E-state index < -0.39 is 48.1 Å². The number of aliphatic hydroxyl groups is 1. The molecular formula is C25H31N3O7. The molecule has 0 aliphatic heterocycles. The van der Waals surface area contributed by atoms with Crippen LogP contribution in [0.15, 0.2) is 60.7 Å². The van der Waals surface area contributed by atoms with Crippen molar-refractivity contribution in [3.63, 3.8) is 0 Å². The predicted molar refractivity (Wildman–Crippen MR) is 127 cm³/mol. The minimum absolute atomic E-state index is 0.0258. The summed E-state index contributed by atoms with van der Waals surface area (Å²) in [6.07, 6.45) is -2.09. The molecule has 2 rings (SSSR count). The summed E-state index contributed by atoms with van der Waals surface area (Å²) in [5.74, 6) is -2.17. The van der Waals surface area contributed by atoms with Gasteiger partial charge in [-0.05, 0) is 31.9 Å². The third-order valence-electron chi connectivity index (χ3n) is 4.94. The summed E-state index contributed by atoms with van der Waals surface area (Å²) in [7, 11) is 0. The molecule has 0 aliphatic carbocycles. The van der Waals surface area contributed by atoms with Crippen LogP contribution in [0.5, 0.6) is 0 Å². The quantitative estimate of drug-likeness (QED) is 0.353. The first-order valence-electron chi connectivity index (χ1n) is 11.1. The fourth-order valence-corrected chi connectivity index (χ4v) is 2.91. The molecule has 10 nitrogen and oxygen atoms in total. The molecule has 4 N–H and O–H groups in total. The molecule has 0 saturated carbocycles. The van der Waals surface area contributed by atoms with Gasteiger partial charge in [0, 0.05) is 0 Å². The maximum Gasteiger partial charge on any atom is 0.408 e. The molecule has 0 spiro atoms. The second kappa shape index (κ2) is 13.7. The van der Waals surface area contributed by atoms with E-state index in [-0.39, 0.29) is 13.2 Å². The zero-order valence-corrected chi connectivity index (χ0v) is 19.9. The highest BCUT2D eigenvalue weighted by molar-refractivity contribution is 5.93. The van der Waals surface area contributed by atoms with Gasteiger partial charge >= 0.3 is 12.1 Å². The van der Waals surface area contributed by atoms with E-state index in [1.54, 1.807) is 36.4 Å². The van der Waals surface area contributed by atoms with Crippen LogP contribution in [0.1, 0.15) is 31.9 Å². The summed E-state index contributed by atoms with van der Waals surface area (Å²) < 4.78 is 10.3. The number of rotatable bonds is 11. The molecule has 2 aromatic rings. The Morgan fingerprint density at radius 2 is 1.23 bits per heavy atom. The molecule has 4 atom stereocenters. The number of esters is 1. The fraction of sp³-hybridized carbons (Fsp3) is 0.360. The van der Waals surface area contributed by atoms with Gasteiger partial charge in [0.15, 0.2) is 0 Å². The Morgan fingerprint density at radius 1 is 0.714 bits per heavy atom. The van der Waals surface area contributed by atoms with E-state index in [2.05, 4.69) is 16.0 Å². The summed E-state index contributed by atoms with van der Waals surface area (Å²) in [6.45, 7) is 4.21. The molecule has 0 radical (unpaired) electrons. The van der Waals surface area contributed by atoms with Crippen LogP contribution in [0, 0.1) is 0 Å². The summed E-state index contributed by atoms with van der Waals surface area (Å²) in [6, 6.07) is 14.6. The highest BCUT2D eigenvalue weighted by Crippen LogP contribution is 2.04. The molecule has 0 bridgehead atoms. The zero-order chi connectivity index (χ0) is 25.8. The van der Waals surface area contributed by atoms with E-state index in [0.29, 0.717) is 0 Å². The van der Waals surface area contributed by atoms with Crippen LogP contribution in [-0.4, -0.2) is 53.2 Å². The van der Waals surface area contributed by atoms with Crippen molar-refractivity contribution in [1.82, 2.24) is 16.0 Å². The van der Waals surface area contributed by atoms with Crippen LogP contribution in [0.25, 0.3) is 0 Å². The van der Waals surface area contributed by atoms with Crippen molar-refractivity contribution in [2.24, 2.45) is 0 Å². The highest BCUT2D eigenvalue weighted by Gasteiger charge is 2.30. The highest BCUT2D eigenvalue weighted by atomic mass is 16.5. The lowest BCUT2D eigenvalue weighted by Gasteiger charge is -2.24. The second-order valence-corrected chi connectivity index (χ2v) is 7.98. The molecule has 10 heteroatoms. The van der Waals surface area contributed by atoms with Crippen molar-refractivity contribution in [2.45, 2.75) is 58.2 Å². The maximum atomic E-state index is 12.6. The average Bonchev–Trinajstić information content (AvgIpc) is 2.85. The molecule has 2 aromatic carbocycles. The van der Waals surface area contributed by atoms with Crippen LogP contribution in [0.4, 0.5) is 4.79 Å². The molecular weight excluding hydrogens is 454 g/mol.